The van der Waals surface area contributed by atoms with Crippen LogP contribution in [-0.2, 0) is 0 Å². The third kappa shape index (κ3) is 3.19. The molecule has 8 heteroatoms. The molecule has 0 amide bonds. The van der Waals surface area contributed by atoms with Crippen LogP contribution in [0.3, 0.4) is 0 Å². The molecule has 82 valence electrons. The second-order valence-electron chi connectivity index (χ2n) is 2.02. The van der Waals surface area contributed by atoms with Gasteiger partial charge in [0, 0.05) is 15.3 Å². The van der Waals surface area contributed by atoms with Crippen LogP contribution in [0.4, 0.5) is 5.69 Å². The van der Waals surface area contributed by atoms with Crippen LogP contribution in [0.2, 0.25) is 10.3 Å². The van der Waals surface area contributed by atoms with Gasteiger partial charge in [0.25, 0.3) is 0 Å². The van der Waals surface area contributed by atoms with Gasteiger partial charge in [-0.25, -0.2) is 9.97 Å². The molecular weight excluding hydrogens is 261 g/mol. The number of aromatic nitrogens is 2. The summed E-state index contributed by atoms with van der Waals surface area (Å²) in [5.74, 6) is 0. The van der Waals surface area contributed by atoms with E-state index in [1.54, 1.807) is 0 Å². The van der Waals surface area contributed by atoms with Crippen LogP contribution in [0.5, 0.6) is 0 Å². The average molecular weight is 275 g/mol. The van der Waals surface area contributed by atoms with Gasteiger partial charge in [-0.1, -0.05) is 41.8 Å². The van der Waals surface area contributed by atoms with Crippen molar-refractivity contribution in [3.8, 4) is 0 Å². The molecule has 0 spiro atoms. The first-order valence-electron chi connectivity index (χ1n) is 6.77. The van der Waals surface area contributed by atoms with Gasteiger partial charge < -0.3 is 0 Å². The first-order chi connectivity index (χ1) is 9.70. The number of nitro groups is 1. The highest BCUT2D eigenvalue weighted by Crippen LogP contribution is 2.31. The van der Waals surface area contributed by atoms with Crippen LogP contribution in [0.25, 0.3) is 0 Å². The molecule has 0 bridgehead atoms. The van der Waals surface area contributed by atoms with E-state index < -0.39 is 45.0 Å². The quantitative estimate of drug-likeness (QED) is 0.277. The van der Waals surface area contributed by atoms with E-state index in [0.717, 1.165) is 0 Å². The molecule has 1 rings (SSSR count). The molecule has 0 fully saturated rings. The largest absolute Gasteiger partial charge is 0.343 e. The Morgan fingerprint density at radius 2 is 2.20 bits per heavy atom. The summed E-state index contributed by atoms with van der Waals surface area (Å²) in [6, 6.07) is 0. The van der Waals surface area contributed by atoms with Crippen molar-refractivity contribution in [1.82, 2.24) is 9.97 Å². The van der Waals surface area contributed by atoms with Gasteiger partial charge in [0.2, 0.25) is 10.3 Å². The molecule has 0 aliphatic carbocycles. The van der Waals surface area contributed by atoms with Crippen LogP contribution >= 0.6 is 35.0 Å². The Kier molecular flexibility index (Phi) is 2.07. The first kappa shape index (κ1) is 5.65. The zero-order valence-electron chi connectivity index (χ0n) is 13.8. The lowest BCUT2D eigenvalue weighted by molar-refractivity contribution is -0.385. The Morgan fingerprint density at radius 1 is 1.60 bits per heavy atom. The second-order valence-corrected chi connectivity index (χ2v) is 3.51. The standard InChI is InChI=1S/C7H7Cl2N3O2S/c1-2-3-15-7-10-5(8)4(12(13)14)6(9)11-7/h2-3H2,1H3/i1D3,2D2,3D2. The monoisotopic (exact) mass is 274 g/mol. The van der Waals surface area contributed by atoms with Gasteiger partial charge in [0.1, 0.15) is 0 Å². The van der Waals surface area contributed by atoms with Gasteiger partial charge >= 0.3 is 5.69 Å². The van der Waals surface area contributed by atoms with E-state index in [4.69, 9.17) is 32.8 Å². The Morgan fingerprint density at radius 3 is 2.67 bits per heavy atom. The molecule has 0 saturated heterocycles. The van der Waals surface area contributed by atoms with E-state index in [1.165, 1.54) is 0 Å². The summed E-state index contributed by atoms with van der Waals surface area (Å²) in [6.45, 7) is -3.25. The number of halogens is 2. The number of thioether (sulfide) groups is 1. The highest BCUT2D eigenvalue weighted by molar-refractivity contribution is 7.99. The van der Waals surface area contributed by atoms with Crippen LogP contribution in [0.15, 0.2) is 5.16 Å². The van der Waals surface area contributed by atoms with Gasteiger partial charge in [-0.15, -0.1) is 0 Å². The number of rotatable bonds is 4. The second kappa shape index (κ2) is 5.48. The summed E-state index contributed by atoms with van der Waals surface area (Å²) in [4.78, 5) is 16.6. The van der Waals surface area contributed by atoms with Gasteiger partial charge in [-0.3, -0.25) is 10.1 Å². The van der Waals surface area contributed by atoms with Crippen molar-refractivity contribution in [2.24, 2.45) is 0 Å². The van der Waals surface area contributed by atoms with E-state index in [1.807, 2.05) is 0 Å². The summed E-state index contributed by atoms with van der Waals surface area (Å²) >= 11 is 11.1. The van der Waals surface area contributed by atoms with Crippen LogP contribution in [-0.4, -0.2) is 20.6 Å². The van der Waals surface area contributed by atoms with E-state index in [9.17, 15) is 10.1 Å². The first-order valence-corrected chi connectivity index (χ1v) is 4.84. The summed E-state index contributed by atoms with van der Waals surface area (Å²) in [5.41, 5.74) is -3.76. The molecule has 15 heavy (non-hydrogen) atoms. The van der Waals surface area contributed by atoms with E-state index in [2.05, 4.69) is 9.97 Å². The van der Waals surface area contributed by atoms with E-state index >= 15 is 0 Å². The average Bonchev–Trinajstić information content (AvgIpc) is 2.24. The SMILES string of the molecule is [2H]C([2H])([2H])C([2H])([2H])C([2H])([2H])Sc1nc(Cl)c([N+](=O)[O-])c(Cl)n1. The third-order valence-electron chi connectivity index (χ3n) is 1.15. The molecular formula is C7H7Cl2N3O2S. The molecule has 0 atom stereocenters. The molecule has 0 saturated carbocycles. The fourth-order valence-corrected chi connectivity index (χ4v) is 1.69. The molecule has 0 aromatic carbocycles. The predicted octanol–water partition coefficient (Wildman–Crippen LogP) is 3.19. The predicted molar refractivity (Wildman–Crippen MR) is 59.7 cm³/mol. The molecule has 1 aromatic rings. The summed E-state index contributed by atoms with van der Waals surface area (Å²) in [5, 5.41) is 8.80. The highest BCUT2D eigenvalue weighted by Gasteiger charge is 2.21. The molecule has 0 radical (unpaired) electrons. The Labute approximate surface area is 110 Å². The summed E-state index contributed by atoms with van der Waals surface area (Å²) in [6.07, 6.45) is -3.24. The topological polar surface area (TPSA) is 68.9 Å². The highest BCUT2D eigenvalue weighted by atomic mass is 35.5. The molecule has 0 aliphatic rings. The van der Waals surface area contributed by atoms with Gasteiger partial charge in [0.15, 0.2) is 5.16 Å². The lowest BCUT2D eigenvalue weighted by Crippen LogP contribution is -1.97. The smallest absolute Gasteiger partial charge is 0.258 e. The summed E-state index contributed by atoms with van der Waals surface area (Å²) < 4.78 is 51.2. The van der Waals surface area contributed by atoms with Crippen LogP contribution in [0, 0.1) is 10.1 Å². The molecule has 1 aromatic heterocycles. The van der Waals surface area contributed by atoms with Crippen molar-refractivity contribution in [2.75, 3.05) is 5.70 Å². The van der Waals surface area contributed by atoms with Crippen molar-refractivity contribution in [2.45, 2.75) is 18.4 Å². The van der Waals surface area contributed by atoms with Crippen molar-refractivity contribution in [3.05, 3.63) is 20.4 Å². The van der Waals surface area contributed by atoms with E-state index in [-0.39, 0.29) is 11.8 Å². The third-order valence-corrected chi connectivity index (χ3v) is 2.25. The minimum atomic E-state index is -3.25. The molecule has 1 heterocycles. The van der Waals surface area contributed by atoms with Crippen molar-refractivity contribution < 1.29 is 14.5 Å². The van der Waals surface area contributed by atoms with Crippen LogP contribution < -0.4 is 0 Å². The molecule has 5 nitrogen and oxygen atoms in total. The zero-order valence-corrected chi connectivity index (χ0v) is 9.15. The Hall–Kier alpha value is -0.590. The minimum absolute atomic E-state index is 0.0131. The fraction of sp³-hybridized carbons (Fsp3) is 0.429. The Bertz CT molecular complexity index is 589. The van der Waals surface area contributed by atoms with Crippen molar-refractivity contribution in [3.63, 3.8) is 0 Å². The maximum Gasteiger partial charge on any atom is 0.343 e. The van der Waals surface area contributed by atoms with Crippen molar-refractivity contribution in [1.29, 1.82) is 0 Å². The zero-order chi connectivity index (χ0) is 17.5. The molecule has 0 unspecified atom stereocenters. The van der Waals surface area contributed by atoms with Gasteiger partial charge in [0.05, 0.1) is 4.92 Å². The molecule has 0 N–H and O–H groups in total. The maximum absolute atomic E-state index is 10.7. The van der Waals surface area contributed by atoms with Crippen molar-refractivity contribution >= 4 is 40.7 Å². The lowest BCUT2D eigenvalue weighted by atomic mass is 10.5. The molecule has 0 aliphatic heterocycles. The normalized spacial score (nSPS) is 20.0. The summed E-state index contributed by atoms with van der Waals surface area (Å²) in [7, 11) is 0. The van der Waals surface area contributed by atoms with E-state index in [0.29, 0.717) is 0 Å². The van der Waals surface area contributed by atoms with Gasteiger partial charge in [-0.05, 0) is 6.37 Å². The number of nitrogens with zero attached hydrogens (tertiary/aromatic N) is 3. The number of hydrogen-bond acceptors (Lipinski definition) is 5. The Balaban J connectivity index is 3.23. The van der Waals surface area contributed by atoms with Gasteiger partial charge in [-0.2, -0.15) is 0 Å². The maximum atomic E-state index is 10.7. The lowest BCUT2D eigenvalue weighted by Gasteiger charge is -2.00. The van der Waals surface area contributed by atoms with Crippen LogP contribution in [0.1, 0.15) is 22.8 Å². The fourth-order valence-electron chi connectivity index (χ4n) is 0.651. The minimum Gasteiger partial charge on any atom is -0.258 e. The number of hydrogen-bond donors (Lipinski definition) is 0.